The van der Waals surface area contributed by atoms with E-state index < -0.39 is 24.2 Å². The summed E-state index contributed by atoms with van der Waals surface area (Å²) in [7, 11) is 0. The quantitative estimate of drug-likeness (QED) is 0.577. The van der Waals surface area contributed by atoms with E-state index in [0.29, 0.717) is 29.8 Å². The van der Waals surface area contributed by atoms with Crippen molar-refractivity contribution in [2.24, 2.45) is 0 Å². The zero-order chi connectivity index (χ0) is 24.1. The minimum absolute atomic E-state index is 0.127. The van der Waals surface area contributed by atoms with Gasteiger partial charge >= 0.3 is 12.1 Å². The second kappa shape index (κ2) is 10.1. The summed E-state index contributed by atoms with van der Waals surface area (Å²) in [5.74, 6) is -0.810. The predicted octanol–water partition coefficient (Wildman–Crippen LogP) is 4.69. The van der Waals surface area contributed by atoms with Gasteiger partial charge in [-0.25, -0.2) is 9.59 Å². The van der Waals surface area contributed by atoms with Crippen LogP contribution in [0, 0.1) is 11.3 Å². The first-order valence-electron chi connectivity index (χ1n) is 11.0. The number of aliphatic carboxylic acids is 1. The van der Waals surface area contributed by atoms with Gasteiger partial charge in [-0.2, -0.15) is 5.26 Å². The summed E-state index contributed by atoms with van der Waals surface area (Å²) in [5, 5.41) is 18.9. The van der Waals surface area contributed by atoms with Crippen molar-refractivity contribution in [3.63, 3.8) is 0 Å². The molecule has 0 saturated carbocycles. The van der Waals surface area contributed by atoms with Crippen molar-refractivity contribution in [1.29, 1.82) is 5.26 Å². The van der Waals surface area contributed by atoms with Gasteiger partial charge in [0, 0.05) is 12.1 Å². The van der Waals surface area contributed by atoms with Crippen LogP contribution >= 0.6 is 0 Å². The molecular weight excluding hydrogens is 432 g/mol. The molecule has 4 rings (SSSR count). The van der Waals surface area contributed by atoms with Gasteiger partial charge in [0.15, 0.2) is 6.10 Å². The van der Waals surface area contributed by atoms with Gasteiger partial charge in [0.05, 0.1) is 17.7 Å². The molecule has 1 aliphatic heterocycles. The number of nitriles is 1. The Hall–Kier alpha value is -4.31. The Kier molecular flexibility index (Phi) is 6.79. The Bertz CT molecular complexity index is 1240. The number of hydrogen-bond donors (Lipinski definition) is 1. The maximum Gasteiger partial charge on any atom is 0.410 e. The van der Waals surface area contributed by atoms with Gasteiger partial charge < -0.3 is 14.6 Å². The van der Waals surface area contributed by atoms with Crippen molar-refractivity contribution in [3.05, 3.63) is 101 Å². The highest BCUT2D eigenvalue weighted by atomic mass is 16.6. The molecule has 1 unspecified atom stereocenters. The number of fused-ring (bicyclic) bond motifs is 1. The summed E-state index contributed by atoms with van der Waals surface area (Å²) < 4.78 is 11.4. The first-order chi connectivity index (χ1) is 16.5. The molecule has 1 amide bonds. The zero-order valence-electron chi connectivity index (χ0n) is 18.7. The van der Waals surface area contributed by atoms with Gasteiger partial charge in [0.1, 0.15) is 12.4 Å². The van der Waals surface area contributed by atoms with E-state index >= 15 is 0 Å². The Labute approximate surface area is 197 Å². The number of carboxylic acids is 1. The van der Waals surface area contributed by atoms with E-state index in [2.05, 4.69) is 6.07 Å². The third-order valence-electron chi connectivity index (χ3n) is 5.81. The van der Waals surface area contributed by atoms with E-state index in [1.165, 1.54) is 6.92 Å². The molecule has 0 fully saturated rings. The van der Waals surface area contributed by atoms with Crippen LogP contribution < -0.4 is 4.74 Å². The van der Waals surface area contributed by atoms with Gasteiger partial charge in [-0.1, -0.05) is 54.6 Å². The molecule has 172 valence electrons. The number of carbonyl (C=O) groups is 2. The fourth-order valence-corrected chi connectivity index (χ4v) is 4.08. The lowest BCUT2D eigenvalue weighted by Gasteiger charge is -2.37. The molecule has 0 aliphatic carbocycles. The highest BCUT2D eigenvalue weighted by molar-refractivity contribution is 5.73. The minimum atomic E-state index is -1.11. The number of carboxylic acid groups (broad SMARTS) is 1. The third kappa shape index (κ3) is 4.86. The second-order valence-electron chi connectivity index (χ2n) is 8.05. The standard InChI is InChI=1S/C27H24N2O5/c1-18(26(30)31)34-24-12-11-20(16-28)15-23(24)25-22-10-6-5-9-21(22)13-14-29(25)27(32)33-17-19-7-3-2-4-8-19/h2-12,15,18,25H,13-14,17H2,1H3,(H,30,31)/t18-,25?/m1/s1. The van der Waals surface area contributed by atoms with Crippen LogP contribution in [0.3, 0.4) is 0 Å². The van der Waals surface area contributed by atoms with Gasteiger partial charge in [0.25, 0.3) is 0 Å². The van der Waals surface area contributed by atoms with Crippen molar-refractivity contribution >= 4 is 12.1 Å². The zero-order valence-corrected chi connectivity index (χ0v) is 18.7. The maximum absolute atomic E-state index is 13.3. The lowest BCUT2D eigenvalue weighted by Crippen LogP contribution is -2.41. The molecule has 1 aliphatic rings. The SMILES string of the molecule is C[C@@H](Oc1ccc(C#N)cc1C1c2ccccc2CCN1C(=O)OCc1ccccc1)C(=O)O. The van der Waals surface area contributed by atoms with Crippen LogP contribution in [0.4, 0.5) is 4.79 Å². The lowest BCUT2D eigenvalue weighted by atomic mass is 9.87. The first-order valence-corrected chi connectivity index (χ1v) is 11.0. The molecule has 3 aromatic rings. The summed E-state index contributed by atoms with van der Waals surface area (Å²) in [6.07, 6.45) is -0.959. The summed E-state index contributed by atoms with van der Waals surface area (Å²) in [4.78, 5) is 26.3. The van der Waals surface area contributed by atoms with E-state index in [4.69, 9.17) is 9.47 Å². The van der Waals surface area contributed by atoms with Gasteiger partial charge in [0.2, 0.25) is 0 Å². The van der Waals surface area contributed by atoms with Gasteiger partial charge in [-0.05, 0) is 48.2 Å². The molecule has 0 bridgehead atoms. The number of rotatable bonds is 6. The number of nitrogens with zero attached hydrogens (tertiary/aromatic N) is 2. The predicted molar refractivity (Wildman–Crippen MR) is 124 cm³/mol. The summed E-state index contributed by atoms with van der Waals surface area (Å²) in [6.45, 7) is 1.97. The average molecular weight is 456 g/mol. The second-order valence-corrected chi connectivity index (χ2v) is 8.05. The normalized spacial score (nSPS) is 15.5. The van der Waals surface area contributed by atoms with Crippen LogP contribution in [-0.4, -0.2) is 34.7 Å². The highest BCUT2D eigenvalue weighted by Gasteiger charge is 2.35. The molecule has 0 radical (unpaired) electrons. The summed E-state index contributed by atoms with van der Waals surface area (Å²) in [6, 6.07) is 23.5. The van der Waals surface area contributed by atoms with Crippen LogP contribution in [0.1, 0.15) is 40.8 Å². The Morgan fingerprint density at radius 2 is 1.82 bits per heavy atom. The molecule has 0 aromatic heterocycles. The molecule has 0 spiro atoms. The number of benzene rings is 3. The molecule has 3 aromatic carbocycles. The maximum atomic E-state index is 13.3. The number of ether oxygens (including phenoxy) is 2. The monoisotopic (exact) mass is 456 g/mol. The molecular formula is C27H24N2O5. The van der Waals surface area contributed by atoms with Crippen LogP contribution in [0.15, 0.2) is 72.8 Å². The van der Waals surface area contributed by atoms with Crippen LogP contribution in [-0.2, 0) is 22.6 Å². The molecule has 0 saturated heterocycles. The van der Waals surface area contributed by atoms with Crippen molar-refractivity contribution in [3.8, 4) is 11.8 Å². The fraction of sp³-hybridized carbons (Fsp3) is 0.222. The topological polar surface area (TPSA) is 99.9 Å². The molecule has 1 heterocycles. The fourth-order valence-electron chi connectivity index (χ4n) is 4.08. The smallest absolute Gasteiger partial charge is 0.410 e. The first kappa shape index (κ1) is 22.9. The number of carbonyl (C=O) groups excluding carboxylic acids is 1. The largest absolute Gasteiger partial charge is 0.479 e. The van der Waals surface area contributed by atoms with Gasteiger partial charge in [-0.3, -0.25) is 4.90 Å². The number of hydrogen-bond acceptors (Lipinski definition) is 5. The third-order valence-corrected chi connectivity index (χ3v) is 5.81. The molecule has 34 heavy (non-hydrogen) atoms. The van der Waals surface area contributed by atoms with Crippen molar-refractivity contribution in [2.75, 3.05) is 6.54 Å². The van der Waals surface area contributed by atoms with Crippen molar-refractivity contribution < 1.29 is 24.2 Å². The van der Waals surface area contributed by atoms with E-state index in [0.717, 1.165) is 16.7 Å². The highest BCUT2D eigenvalue weighted by Crippen LogP contribution is 2.40. The van der Waals surface area contributed by atoms with Crippen LogP contribution in [0.25, 0.3) is 0 Å². The van der Waals surface area contributed by atoms with E-state index in [1.807, 2.05) is 54.6 Å². The van der Waals surface area contributed by atoms with Crippen molar-refractivity contribution in [2.45, 2.75) is 32.1 Å². The van der Waals surface area contributed by atoms with Crippen LogP contribution in [0.2, 0.25) is 0 Å². The Morgan fingerprint density at radius 3 is 2.56 bits per heavy atom. The molecule has 7 heteroatoms. The average Bonchev–Trinajstić information content (AvgIpc) is 2.87. The van der Waals surface area contributed by atoms with E-state index in [1.54, 1.807) is 23.1 Å². The van der Waals surface area contributed by atoms with E-state index in [-0.39, 0.29) is 6.61 Å². The lowest BCUT2D eigenvalue weighted by molar-refractivity contribution is -0.144. The minimum Gasteiger partial charge on any atom is -0.479 e. The number of amides is 1. The Morgan fingerprint density at radius 1 is 1.09 bits per heavy atom. The summed E-state index contributed by atoms with van der Waals surface area (Å²) >= 11 is 0. The van der Waals surface area contributed by atoms with Gasteiger partial charge in [-0.15, -0.1) is 0 Å². The molecule has 1 N–H and O–H groups in total. The molecule has 7 nitrogen and oxygen atoms in total. The summed E-state index contributed by atoms with van der Waals surface area (Å²) in [5.41, 5.74) is 3.74. The van der Waals surface area contributed by atoms with E-state index in [9.17, 15) is 20.0 Å². The van der Waals surface area contributed by atoms with Crippen LogP contribution in [0.5, 0.6) is 5.75 Å². The molecule has 2 atom stereocenters. The Balaban J connectivity index is 1.74. The van der Waals surface area contributed by atoms with Crippen molar-refractivity contribution in [1.82, 2.24) is 4.90 Å².